The molecule has 0 bridgehead atoms. The summed E-state index contributed by atoms with van der Waals surface area (Å²) < 4.78 is 11.6. The van der Waals surface area contributed by atoms with Crippen LogP contribution in [0.2, 0.25) is 0 Å². The van der Waals surface area contributed by atoms with Gasteiger partial charge in [-0.2, -0.15) is 0 Å². The molecular weight excluding hydrogens is 456 g/mol. The summed E-state index contributed by atoms with van der Waals surface area (Å²) in [6.45, 7) is 2.29. The van der Waals surface area contributed by atoms with Gasteiger partial charge in [0.1, 0.15) is 11.9 Å². The van der Waals surface area contributed by atoms with E-state index in [9.17, 15) is 14.4 Å². The second kappa shape index (κ2) is 10.1. The van der Waals surface area contributed by atoms with E-state index in [-0.39, 0.29) is 36.3 Å². The first kappa shape index (κ1) is 24.5. The van der Waals surface area contributed by atoms with E-state index in [0.29, 0.717) is 35.5 Å². The molecule has 6 heteroatoms. The molecule has 5 atom stereocenters. The number of hydrogen-bond donors (Lipinski definition) is 1. The van der Waals surface area contributed by atoms with Gasteiger partial charge in [-0.15, -0.1) is 0 Å². The molecule has 2 aromatic rings. The minimum atomic E-state index is -0.881. The lowest BCUT2D eigenvalue weighted by atomic mass is 9.55. The Balaban J connectivity index is 1.25. The summed E-state index contributed by atoms with van der Waals surface area (Å²) in [4.78, 5) is 35.6. The van der Waals surface area contributed by atoms with Gasteiger partial charge < -0.3 is 14.6 Å². The van der Waals surface area contributed by atoms with E-state index in [2.05, 4.69) is 13.0 Å². The van der Waals surface area contributed by atoms with Crippen molar-refractivity contribution in [1.82, 2.24) is 0 Å². The SMILES string of the molecule is C[C@]12CC[C@@H]3c4ccc(OC(=O)c5ccccc5)cc4CC[C@H]3[C@@H]1CC[C@@H]2OC(=O)CCCC(=O)O. The monoisotopic (exact) mass is 490 g/mol. The summed E-state index contributed by atoms with van der Waals surface area (Å²) in [5, 5.41) is 8.81. The zero-order valence-electron chi connectivity index (χ0n) is 20.8. The van der Waals surface area contributed by atoms with Crippen molar-refractivity contribution in [2.75, 3.05) is 0 Å². The van der Waals surface area contributed by atoms with Crippen LogP contribution in [0.15, 0.2) is 48.5 Å². The smallest absolute Gasteiger partial charge is 0.343 e. The van der Waals surface area contributed by atoms with E-state index in [1.807, 2.05) is 30.3 Å². The van der Waals surface area contributed by atoms with Crippen LogP contribution in [0.25, 0.3) is 0 Å². The molecule has 5 rings (SSSR count). The number of fused-ring (bicyclic) bond motifs is 5. The molecule has 2 fully saturated rings. The highest BCUT2D eigenvalue weighted by Gasteiger charge is 2.56. The Hall–Kier alpha value is -3.15. The Bertz CT molecular complexity index is 1140. The fraction of sp³-hybridized carbons (Fsp3) is 0.500. The third kappa shape index (κ3) is 4.78. The normalized spacial score (nSPS) is 28.4. The van der Waals surface area contributed by atoms with Gasteiger partial charge in [-0.1, -0.05) is 31.2 Å². The molecule has 2 aromatic carbocycles. The van der Waals surface area contributed by atoms with E-state index in [0.717, 1.165) is 38.5 Å². The number of aryl methyl sites for hydroxylation is 1. The lowest BCUT2D eigenvalue weighted by molar-refractivity contribution is -0.157. The van der Waals surface area contributed by atoms with Gasteiger partial charge in [-0.25, -0.2) is 4.79 Å². The average Bonchev–Trinajstić information content (AvgIpc) is 3.20. The average molecular weight is 491 g/mol. The molecule has 0 unspecified atom stereocenters. The zero-order chi connectivity index (χ0) is 25.3. The van der Waals surface area contributed by atoms with Crippen LogP contribution in [0.3, 0.4) is 0 Å². The molecule has 0 heterocycles. The van der Waals surface area contributed by atoms with Crippen LogP contribution in [0, 0.1) is 17.3 Å². The fourth-order valence-corrected chi connectivity index (χ4v) is 7.11. The van der Waals surface area contributed by atoms with Crippen molar-refractivity contribution in [3.05, 3.63) is 65.2 Å². The third-order valence-electron chi connectivity index (χ3n) is 8.88. The van der Waals surface area contributed by atoms with Crippen LogP contribution in [0.5, 0.6) is 5.75 Å². The van der Waals surface area contributed by atoms with Crippen molar-refractivity contribution in [3.8, 4) is 5.75 Å². The second-order valence-corrected chi connectivity index (χ2v) is 10.9. The number of carbonyl (C=O) groups is 3. The van der Waals surface area contributed by atoms with Gasteiger partial charge in [0.15, 0.2) is 0 Å². The molecule has 0 amide bonds. The number of esters is 2. The maximum absolute atomic E-state index is 12.5. The first-order valence-electron chi connectivity index (χ1n) is 13.2. The van der Waals surface area contributed by atoms with Crippen molar-refractivity contribution >= 4 is 17.9 Å². The molecule has 2 saturated carbocycles. The van der Waals surface area contributed by atoms with Crippen LogP contribution >= 0.6 is 0 Å². The van der Waals surface area contributed by atoms with E-state index >= 15 is 0 Å². The summed E-state index contributed by atoms with van der Waals surface area (Å²) in [5.41, 5.74) is 3.17. The summed E-state index contributed by atoms with van der Waals surface area (Å²) in [6, 6.07) is 15.2. The Morgan fingerprint density at radius 2 is 1.81 bits per heavy atom. The van der Waals surface area contributed by atoms with Crippen molar-refractivity contribution in [3.63, 3.8) is 0 Å². The van der Waals surface area contributed by atoms with Gasteiger partial charge >= 0.3 is 17.9 Å². The largest absolute Gasteiger partial charge is 0.481 e. The van der Waals surface area contributed by atoms with Crippen molar-refractivity contribution < 1.29 is 29.0 Å². The predicted molar refractivity (Wildman–Crippen MR) is 134 cm³/mol. The number of ether oxygens (including phenoxy) is 2. The molecule has 3 aliphatic rings. The molecule has 0 saturated heterocycles. The van der Waals surface area contributed by atoms with Crippen LogP contribution < -0.4 is 4.74 Å². The summed E-state index contributed by atoms with van der Waals surface area (Å²) in [5.74, 6) is 0.659. The van der Waals surface area contributed by atoms with Gasteiger partial charge in [-0.3, -0.25) is 9.59 Å². The number of carboxylic acid groups (broad SMARTS) is 1. The maximum atomic E-state index is 12.5. The number of carboxylic acids is 1. The molecule has 0 aliphatic heterocycles. The summed E-state index contributed by atoms with van der Waals surface area (Å²) in [7, 11) is 0. The predicted octanol–water partition coefficient (Wildman–Crippen LogP) is 5.93. The minimum Gasteiger partial charge on any atom is -0.481 e. The third-order valence-corrected chi connectivity index (χ3v) is 8.88. The first-order valence-corrected chi connectivity index (χ1v) is 13.2. The van der Waals surface area contributed by atoms with Gasteiger partial charge in [0.2, 0.25) is 0 Å². The van der Waals surface area contributed by atoms with E-state index in [1.54, 1.807) is 12.1 Å². The highest BCUT2D eigenvalue weighted by atomic mass is 16.5. The second-order valence-electron chi connectivity index (χ2n) is 10.9. The number of hydrogen-bond acceptors (Lipinski definition) is 5. The van der Waals surface area contributed by atoms with Crippen molar-refractivity contribution in [2.24, 2.45) is 17.3 Å². The summed E-state index contributed by atoms with van der Waals surface area (Å²) >= 11 is 0. The molecule has 0 spiro atoms. The number of carbonyl (C=O) groups excluding carboxylic acids is 2. The van der Waals surface area contributed by atoms with E-state index in [1.165, 1.54) is 11.1 Å². The maximum Gasteiger partial charge on any atom is 0.343 e. The highest BCUT2D eigenvalue weighted by Crippen LogP contribution is 2.61. The molecular formula is C30H34O6. The Morgan fingerprint density at radius 1 is 1.00 bits per heavy atom. The molecule has 1 N–H and O–H groups in total. The topological polar surface area (TPSA) is 89.9 Å². The Kier molecular flexibility index (Phi) is 6.87. The standard InChI is InChI=1S/C30H34O6/c1-30-17-16-23-22-13-11-21(35-29(34)19-6-3-2-4-7-19)18-20(22)10-12-24(23)25(30)14-15-26(30)36-28(33)9-5-8-27(31)32/h2-4,6-7,11,13,18,23-26H,5,8-10,12,14-17H2,1H3,(H,31,32)/t23-,24-,25+,26+,30+/m1/s1. The van der Waals surface area contributed by atoms with Crippen LogP contribution in [0.1, 0.15) is 85.7 Å². The minimum absolute atomic E-state index is 0.00398. The van der Waals surface area contributed by atoms with Crippen molar-refractivity contribution in [2.45, 2.75) is 76.7 Å². The first-order chi connectivity index (χ1) is 17.3. The van der Waals surface area contributed by atoms with Gasteiger partial charge in [0.25, 0.3) is 0 Å². The number of aliphatic carboxylic acids is 1. The quantitative estimate of drug-likeness (QED) is 0.382. The Labute approximate surface area is 212 Å². The van der Waals surface area contributed by atoms with Crippen LogP contribution in [-0.2, 0) is 20.7 Å². The number of benzene rings is 2. The van der Waals surface area contributed by atoms with Gasteiger partial charge in [0, 0.05) is 18.3 Å². The van der Waals surface area contributed by atoms with E-state index in [4.69, 9.17) is 14.6 Å². The van der Waals surface area contributed by atoms with Crippen molar-refractivity contribution in [1.29, 1.82) is 0 Å². The zero-order valence-corrected chi connectivity index (χ0v) is 20.8. The van der Waals surface area contributed by atoms with Gasteiger partial charge in [-0.05, 0) is 98.1 Å². The molecule has 0 radical (unpaired) electrons. The molecule has 6 nitrogen and oxygen atoms in total. The molecule has 190 valence electrons. The molecule has 36 heavy (non-hydrogen) atoms. The fourth-order valence-electron chi connectivity index (χ4n) is 7.11. The van der Waals surface area contributed by atoms with Gasteiger partial charge in [0.05, 0.1) is 5.56 Å². The Morgan fingerprint density at radius 3 is 2.58 bits per heavy atom. The molecule has 0 aromatic heterocycles. The van der Waals surface area contributed by atoms with E-state index < -0.39 is 5.97 Å². The lowest BCUT2D eigenvalue weighted by Gasteiger charge is -2.50. The summed E-state index contributed by atoms with van der Waals surface area (Å²) in [6.07, 6.45) is 6.47. The molecule has 3 aliphatic carbocycles. The number of rotatable bonds is 7. The van der Waals surface area contributed by atoms with Crippen LogP contribution in [0.4, 0.5) is 0 Å². The highest BCUT2D eigenvalue weighted by molar-refractivity contribution is 5.91. The lowest BCUT2D eigenvalue weighted by Crippen LogP contribution is -2.45. The van der Waals surface area contributed by atoms with Crippen LogP contribution in [-0.4, -0.2) is 29.1 Å².